The summed E-state index contributed by atoms with van der Waals surface area (Å²) in [7, 11) is 1.60. The van der Waals surface area contributed by atoms with Gasteiger partial charge in [-0.3, -0.25) is 0 Å². The highest BCUT2D eigenvalue weighted by atomic mass is 16.7. The molecule has 0 bridgehead atoms. The lowest BCUT2D eigenvalue weighted by Crippen LogP contribution is -2.69. The van der Waals surface area contributed by atoms with E-state index < -0.39 is 78.5 Å². The lowest BCUT2D eigenvalue weighted by Gasteiger charge is -2.50. The van der Waals surface area contributed by atoms with Crippen LogP contribution >= 0.6 is 0 Å². The molecule has 2 unspecified atom stereocenters. The smallest absolute Gasteiger partial charge is 0.315 e. The number of aliphatic hydroxyl groups is 4. The second-order valence-electron chi connectivity index (χ2n) is 11.7. The van der Waals surface area contributed by atoms with Gasteiger partial charge in [-0.15, -0.1) is 0 Å². The van der Waals surface area contributed by atoms with E-state index >= 15 is 0 Å². The molecule has 2 amide bonds. The van der Waals surface area contributed by atoms with Crippen LogP contribution in [0.4, 0.5) is 4.79 Å². The van der Waals surface area contributed by atoms with Crippen LogP contribution in [0.2, 0.25) is 0 Å². The van der Waals surface area contributed by atoms with Crippen LogP contribution in [0.1, 0.15) is 26.2 Å². The molecule has 0 spiro atoms. The minimum Gasteiger partial charge on any atom is -0.492 e. The van der Waals surface area contributed by atoms with Crippen molar-refractivity contribution < 1.29 is 39.4 Å². The summed E-state index contributed by atoms with van der Waals surface area (Å²) < 4.78 is 18.1. The Morgan fingerprint density at radius 2 is 1.95 bits per heavy atom. The highest BCUT2D eigenvalue weighted by Gasteiger charge is 2.53. The molecule has 12 atom stereocenters. The molecule has 16 heteroatoms. The molecule has 1 saturated carbocycles. The second kappa shape index (κ2) is 15.9. The summed E-state index contributed by atoms with van der Waals surface area (Å²) >= 11 is 0. The van der Waals surface area contributed by atoms with Crippen LogP contribution in [-0.2, 0) is 14.2 Å². The van der Waals surface area contributed by atoms with Crippen LogP contribution in [0.15, 0.2) is 11.8 Å². The largest absolute Gasteiger partial charge is 0.492 e. The fourth-order valence-corrected chi connectivity index (χ4v) is 6.02. The number of amides is 2. The SMILES string of the molecule is CN[C@@H]1[C@@H](O)[C@@H](O[C@H]2[C@H](NC(=O)NCCN)C[C@H](N)C([C@H]3OC(CNCC(O)CCN)=CC[C@H]3N)[C@@H]2O)OC[C@]1(C)O. The molecule has 1 saturated heterocycles. The molecule has 3 rings (SSSR count). The fourth-order valence-electron chi connectivity index (χ4n) is 6.02. The van der Waals surface area contributed by atoms with Crippen LogP contribution < -0.4 is 44.2 Å². The second-order valence-corrected chi connectivity index (χ2v) is 11.7. The Hall–Kier alpha value is -1.67. The summed E-state index contributed by atoms with van der Waals surface area (Å²) in [5.41, 5.74) is 22.7. The molecule has 16 nitrogen and oxygen atoms in total. The molecule has 2 heterocycles. The summed E-state index contributed by atoms with van der Waals surface area (Å²) in [6.45, 7) is 2.92. The van der Waals surface area contributed by atoms with E-state index in [1.807, 2.05) is 6.08 Å². The first-order valence-corrected chi connectivity index (χ1v) is 14.7. The molecule has 1 aliphatic carbocycles. The Morgan fingerprint density at radius 3 is 2.62 bits per heavy atom. The Labute approximate surface area is 246 Å². The molecule has 2 fully saturated rings. The van der Waals surface area contributed by atoms with Gasteiger partial charge in [-0.25, -0.2) is 4.79 Å². The third-order valence-electron chi connectivity index (χ3n) is 8.21. The monoisotopic (exact) mass is 604 g/mol. The van der Waals surface area contributed by atoms with Gasteiger partial charge in [-0.2, -0.15) is 0 Å². The van der Waals surface area contributed by atoms with E-state index in [0.29, 0.717) is 38.2 Å². The first kappa shape index (κ1) is 34.8. The van der Waals surface area contributed by atoms with Gasteiger partial charge in [0.05, 0.1) is 37.4 Å². The maximum atomic E-state index is 12.6. The van der Waals surface area contributed by atoms with Crippen molar-refractivity contribution in [3.05, 3.63) is 11.8 Å². The fraction of sp³-hybridized carbons (Fsp3) is 0.885. The predicted molar refractivity (Wildman–Crippen MR) is 154 cm³/mol. The predicted octanol–water partition coefficient (Wildman–Crippen LogP) is -4.94. The molecule has 2 aliphatic heterocycles. The van der Waals surface area contributed by atoms with E-state index in [0.717, 1.165) is 0 Å². The van der Waals surface area contributed by atoms with E-state index in [1.54, 1.807) is 7.05 Å². The lowest BCUT2D eigenvalue weighted by molar-refractivity contribution is -0.297. The van der Waals surface area contributed by atoms with Crippen molar-refractivity contribution >= 4 is 6.03 Å². The average molecular weight is 605 g/mol. The van der Waals surface area contributed by atoms with Crippen LogP contribution in [0, 0.1) is 5.92 Å². The van der Waals surface area contributed by atoms with Crippen molar-refractivity contribution in [2.45, 2.75) is 92.8 Å². The summed E-state index contributed by atoms with van der Waals surface area (Å²) in [4.78, 5) is 12.6. The summed E-state index contributed by atoms with van der Waals surface area (Å²) in [6.07, 6.45) is -3.15. The Balaban J connectivity index is 1.78. The number of nitrogens with one attached hydrogen (secondary N) is 4. The molecule has 42 heavy (non-hydrogen) atoms. The van der Waals surface area contributed by atoms with E-state index in [1.165, 1.54) is 6.92 Å². The van der Waals surface area contributed by atoms with Gasteiger partial charge in [0.15, 0.2) is 6.29 Å². The van der Waals surface area contributed by atoms with Gasteiger partial charge in [0.25, 0.3) is 0 Å². The molecule has 0 radical (unpaired) electrons. The minimum absolute atomic E-state index is 0.140. The maximum Gasteiger partial charge on any atom is 0.315 e. The van der Waals surface area contributed by atoms with Gasteiger partial charge < -0.3 is 78.8 Å². The van der Waals surface area contributed by atoms with Gasteiger partial charge in [0.1, 0.15) is 29.7 Å². The van der Waals surface area contributed by atoms with E-state index in [2.05, 4.69) is 21.3 Å². The number of rotatable bonds is 13. The number of likely N-dealkylation sites (N-methyl/N-ethyl adjacent to an activating group) is 1. The molecular weight excluding hydrogens is 552 g/mol. The van der Waals surface area contributed by atoms with Crippen molar-refractivity contribution in [2.24, 2.45) is 28.9 Å². The lowest BCUT2D eigenvalue weighted by atomic mass is 9.72. The summed E-state index contributed by atoms with van der Waals surface area (Å²) in [5.74, 6) is -0.101. The van der Waals surface area contributed by atoms with Gasteiger partial charge in [0, 0.05) is 37.6 Å². The number of nitrogens with two attached hydrogens (primary N) is 4. The normalized spacial score (nSPS) is 39.6. The highest BCUT2D eigenvalue weighted by Crippen LogP contribution is 2.36. The molecule has 0 aromatic heterocycles. The van der Waals surface area contributed by atoms with Crippen LogP contribution in [0.5, 0.6) is 0 Å². The molecule has 0 aromatic rings. The first-order chi connectivity index (χ1) is 19.9. The quantitative estimate of drug-likeness (QED) is 0.0939. The Kier molecular flexibility index (Phi) is 13.2. The molecular formula is C26H52N8O8. The number of carbonyl (C=O) groups excluding carboxylic acids is 1. The summed E-state index contributed by atoms with van der Waals surface area (Å²) in [6, 6.07) is -3.20. The van der Waals surface area contributed by atoms with Crippen LogP contribution in [-0.4, -0.2) is 139 Å². The van der Waals surface area contributed by atoms with Crippen molar-refractivity contribution in [3.8, 4) is 0 Å². The molecule has 244 valence electrons. The van der Waals surface area contributed by atoms with Crippen molar-refractivity contribution in [3.63, 3.8) is 0 Å². The third-order valence-corrected chi connectivity index (χ3v) is 8.21. The number of ether oxygens (including phenoxy) is 3. The first-order valence-electron chi connectivity index (χ1n) is 14.7. The zero-order chi connectivity index (χ0) is 31.0. The standard InChI is InChI=1S/C26H52N8O8/c1-26(39)12-40-24(20(37)23(26)31-2)42-22-17(34-25(38)33-8-7-28)9-16(30)18(19(22)36)21-15(29)4-3-14(41-21)11-32-10-13(35)5-6-27/h3,13,15-24,31-32,35-37,39H,4-12,27-30H2,1-2H3,(H2,33,34,38)/t13?,15-,16+,17-,18?,19+,20-,21+,22+,23-,24-,26+/m1/s1. The zero-order valence-corrected chi connectivity index (χ0v) is 24.5. The van der Waals surface area contributed by atoms with Gasteiger partial charge >= 0.3 is 6.03 Å². The number of urea groups is 1. The van der Waals surface area contributed by atoms with Crippen LogP contribution in [0.25, 0.3) is 0 Å². The van der Waals surface area contributed by atoms with Crippen LogP contribution in [0.3, 0.4) is 0 Å². The van der Waals surface area contributed by atoms with Gasteiger partial charge in [0.2, 0.25) is 0 Å². The maximum absolute atomic E-state index is 12.6. The van der Waals surface area contributed by atoms with Crippen molar-refractivity contribution in [2.75, 3.05) is 46.4 Å². The number of hydrogen-bond donors (Lipinski definition) is 12. The zero-order valence-electron chi connectivity index (χ0n) is 24.5. The van der Waals surface area contributed by atoms with Crippen molar-refractivity contribution in [1.29, 1.82) is 0 Å². The number of hydrogen-bond acceptors (Lipinski definition) is 14. The van der Waals surface area contributed by atoms with E-state index in [9.17, 15) is 25.2 Å². The average Bonchev–Trinajstić information content (AvgIpc) is 2.92. The number of carbonyl (C=O) groups is 1. The third kappa shape index (κ3) is 8.71. The number of aliphatic hydroxyl groups excluding tert-OH is 3. The molecule has 16 N–H and O–H groups in total. The summed E-state index contributed by atoms with van der Waals surface area (Å²) in [5, 5.41) is 54.8. The van der Waals surface area contributed by atoms with E-state index in [4.69, 9.17) is 37.1 Å². The topological polar surface area (TPSA) is 278 Å². The minimum atomic E-state index is -1.37. The molecule has 3 aliphatic rings. The Bertz CT molecular complexity index is 885. The van der Waals surface area contributed by atoms with Crippen molar-refractivity contribution in [1.82, 2.24) is 21.3 Å². The molecule has 0 aromatic carbocycles. The van der Waals surface area contributed by atoms with Gasteiger partial charge in [-0.1, -0.05) is 0 Å². The van der Waals surface area contributed by atoms with Gasteiger partial charge in [-0.05, 0) is 45.9 Å². The highest BCUT2D eigenvalue weighted by molar-refractivity contribution is 5.74. The Morgan fingerprint density at radius 1 is 1.21 bits per heavy atom. The van der Waals surface area contributed by atoms with E-state index in [-0.39, 0.29) is 26.1 Å².